The Morgan fingerprint density at radius 3 is 2.68 bits per heavy atom. The van der Waals surface area contributed by atoms with Gasteiger partial charge in [-0.2, -0.15) is 0 Å². The molecule has 3 rings (SSSR count). The first-order chi connectivity index (χ1) is 10.7. The predicted molar refractivity (Wildman–Crippen MR) is 90.5 cm³/mol. The number of rotatable bonds is 2. The maximum absolute atomic E-state index is 12.6. The molecule has 0 aliphatic rings. The topological polar surface area (TPSA) is 37.3 Å². The molecule has 0 fully saturated rings. The van der Waals surface area contributed by atoms with Crippen LogP contribution in [0.2, 0.25) is 0 Å². The van der Waals surface area contributed by atoms with E-state index in [2.05, 4.69) is 11.8 Å². The van der Waals surface area contributed by atoms with Crippen LogP contribution in [-0.4, -0.2) is 10.9 Å². The van der Waals surface area contributed by atoms with Gasteiger partial charge in [0.1, 0.15) is 5.75 Å². The van der Waals surface area contributed by atoms with Crippen LogP contribution < -0.4 is 0 Å². The number of carbonyl (C=O) groups is 1. The molecule has 0 unspecified atom stereocenters. The highest BCUT2D eigenvalue weighted by Crippen LogP contribution is 2.30. The second-order valence-electron chi connectivity index (χ2n) is 4.89. The summed E-state index contributed by atoms with van der Waals surface area (Å²) in [5.74, 6) is 6.26. The number of benzene rings is 2. The van der Waals surface area contributed by atoms with Crippen molar-refractivity contribution in [2.45, 2.75) is 13.3 Å². The molecule has 108 valence electrons. The summed E-state index contributed by atoms with van der Waals surface area (Å²) in [7, 11) is 0. The van der Waals surface area contributed by atoms with E-state index >= 15 is 0 Å². The Morgan fingerprint density at radius 1 is 1.18 bits per heavy atom. The van der Waals surface area contributed by atoms with E-state index in [1.807, 2.05) is 36.6 Å². The van der Waals surface area contributed by atoms with Crippen molar-refractivity contribution in [3.8, 4) is 17.6 Å². The summed E-state index contributed by atoms with van der Waals surface area (Å²) >= 11 is 1.46. The van der Waals surface area contributed by atoms with Gasteiger partial charge in [0, 0.05) is 38.6 Å². The Kier molecular flexibility index (Phi) is 3.95. The van der Waals surface area contributed by atoms with E-state index in [9.17, 15) is 9.90 Å². The summed E-state index contributed by atoms with van der Waals surface area (Å²) < 4.78 is 0.911. The van der Waals surface area contributed by atoms with E-state index in [-0.39, 0.29) is 11.5 Å². The minimum absolute atomic E-state index is 0.00746. The van der Waals surface area contributed by atoms with E-state index in [1.165, 1.54) is 11.3 Å². The van der Waals surface area contributed by atoms with Gasteiger partial charge in [-0.25, -0.2) is 0 Å². The lowest BCUT2D eigenvalue weighted by molar-refractivity contribution is 0.104. The maximum Gasteiger partial charge on any atom is 0.194 e. The number of thiophene rings is 1. The number of phenols is 1. The summed E-state index contributed by atoms with van der Waals surface area (Å²) in [5.41, 5.74) is 2.24. The highest BCUT2D eigenvalue weighted by molar-refractivity contribution is 7.17. The van der Waals surface area contributed by atoms with E-state index in [4.69, 9.17) is 0 Å². The van der Waals surface area contributed by atoms with Gasteiger partial charge < -0.3 is 5.11 Å². The van der Waals surface area contributed by atoms with E-state index in [0.29, 0.717) is 11.1 Å². The second-order valence-corrected chi connectivity index (χ2v) is 5.80. The molecule has 22 heavy (non-hydrogen) atoms. The Morgan fingerprint density at radius 2 is 1.95 bits per heavy atom. The Bertz CT molecular complexity index is 893. The number of fused-ring (bicyclic) bond motifs is 1. The lowest BCUT2D eigenvalue weighted by Crippen LogP contribution is -2.00. The number of carbonyl (C=O) groups excluding carboxylic acids is 1. The van der Waals surface area contributed by atoms with E-state index in [0.717, 1.165) is 22.1 Å². The van der Waals surface area contributed by atoms with Crippen molar-refractivity contribution in [3.05, 3.63) is 64.5 Å². The smallest absolute Gasteiger partial charge is 0.194 e. The molecule has 0 radical (unpaired) electrons. The lowest BCUT2D eigenvalue weighted by Gasteiger charge is -2.01. The fourth-order valence-electron chi connectivity index (χ4n) is 2.24. The summed E-state index contributed by atoms with van der Waals surface area (Å²) in [6, 6.07) is 12.4. The normalized spacial score (nSPS) is 10.2. The molecule has 0 spiro atoms. The molecule has 0 saturated carbocycles. The third-order valence-electron chi connectivity index (χ3n) is 3.36. The predicted octanol–water partition coefficient (Wildman–Crippen LogP) is 4.60. The molecule has 1 aromatic heterocycles. The fraction of sp³-hybridized carbons (Fsp3) is 0.105. The maximum atomic E-state index is 12.6. The zero-order chi connectivity index (χ0) is 15.5. The third-order valence-corrected chi connectivity index (χ3v) is 4.31. The summed E-state index contributed by atoms with van der Waals surface area (Å²) in [5, 5.41) is 12.2. The van der Waals surface area contributed by atoms with Crippen LogP contribution >= 0.6 is 11.3 Å². The van der Waals surface area contributed by atoms with Crippen LogP contribution in [-0.2, 0) is 0 Å². The van der Waals surface area contributed by atoms with Gasteiger partial charge in [-0.05, 0) is 42.5 Å². The Labute approximate surface area is 133 Å². The molecule has 0 atom stereocenters. The van der Waals surface area contributed by atoms with E-state index in [1.54, 1.807) is 18.2 Å². The highest BCUT2D eigenvalue weighted by atomic mass is 32.1. The van der Waals surface area contributed by atoms with Gasteiger partial charge in [-0.15, -0.1) is 11.3 Å². The number of phenolic OH excluding ortho intramolecular Hbond substituents is 1. The third kappa shape index (κ3) is 2.74. The Balaban J connectivity index is 1.95. The lowest BCUT2D eigenvalue weighted by atomic mass is 10.0. The van der Waals surface area contributed by atoms with Crippen molar-refractivity contribution < 1.29 is 9.90 Å². The second kappa shape index (κ2) is 6.05. The first-order valence-electron chi connectivity index (χ1n) is 7.03. The zero-order valence-electron chi connectivity index (χ0n) is 12.1. The SMILES string of the molecule is CCC#Cc1ccc(C(=O)c2csc3cc(O)ccc23)cc1. The molecule has 0 amide bonds. The molecule has 3 aromatic rings. The zero-order valence-corrected chi connectivity index (χ0v) is 12.9. The van der Waals surface area contributed by atoms with Gasteiger partial charge in [-0.3, -0.25) is 4.79 Å². The average Bonchev–Trinajstić information content (AvgIpc) is 2.95. The van der Waals surface area contributed by atoms with Crippen LogP contribution in [0.5, 0.6) is 5.75 Å². The molecular weight excluding hydrogens is 292 g/mol. The van der Waals surface area contributed by atoms with Gasteiger partial charge in [0.2, 0.25) is 0 Å². The van der Waals surface area contributed by atoms with Crippen LogP contribution in [0.25, 0.3) is 10.1 Å². The van der Waals surface area contributed by atoms with Crippen LogP contribution in [0.1, 0.15) is 34.8 Å². The monoisotopic (exact) mass is 306 g/mol. The van der Waals surface area contributed by atoms with Crippen molar-refractivity contribution in [2.75, 3.05) is 0 Å². The largest absolute Gasteiger partial charge is 0.508 e. The molecule has 0 aliphatic carbocycles. The number of hydrogen-bond donors (Lipinski definition) is 1. The molecule has 1 N–H and O–H groups in total. The summed E-state index contributed by atoms with van der Waals surface area (Å²) in [6.45, 7) is 2.00. The fourth-order valence-corrected chi connectivity index (χ4v) is 3.22. The molecule has 3 heteroatoms. The Hall–Kier alpha value is -2.57. The van der Waals surface area contributed by atoms with Gasteiger partial charge in [0.15, 0.2) is 5.78 Å². The van der Waals surface area contributed by atoms with Crippen LogP contribution in [0.3, 0.4) is 0 Å². The van der Waals surface area contributed by atoms with Crippen LogP contribution in [0.4, 0.5) is 0 Å². The first-order valence-corrected chi connectivity index (χ1v) is 7.91. The van der Waals surface area contributed by atoms with Crippen molar-refractivity contribution in [1.29, 1.82) is 0 Å². The molecule has 0 aliphatic heterocycles. The number of ketones is 1. The summed E-state index contributed by atoms with van der Waals surface area (Å²) in [6.07, 6.45) is 0.814. The van der Waals surface area contributed by atoms with Crippen LogP contribution in [0.15, 0.2) is 47.8 Å². The van der Waals surface area contributed by atoms with Crippen molar-refractivity contribution >= 4 is 27.2 Å². The molecule has 0 saturated heterocycles. The molecule has 1 heterocycles. The van der Waals surface area contributed by atoms with Gasteiger partial charge >= 0.3 is 0 Å². The van der Waals surface area contributed by atoms with Crippen molar-refractivity contribution in [2.24, 2.45) is 0 Å². The number of hydrogen-bond acceptors (Lipinski definition) is 3. The molecule has 0 bridgehead atoms. The number of aromatic hydroxyl groups is 1. The average molecular weight is 306 g/mol. The molecular formula is C19H14O2S. The quantitative estimate of drug-likeness (QED) is 0.555. The minimum Gasteiger partial charge on any atom is -0.508 e. The van der Waals surface area contributed by atoms with Gasteiger partial charge in [-0.1, -0.05) is 18.8 Å². The van der Waals surface area contributed by atoms with Gasteiger partial charge in [0.25, 0.3) is 0 Å². The van der Waals surface area contributed by atoms with E-state index < -0.39 is 0 Å². The summed E-state index contributed by atoms with van der Waals surface area (Å²) in [4.78, 5) is 12.6. The van der Waals surface area contributed by atoms with Gasteiger partial charge in [0.05, 0.1) is 0 Å². The highest BCUT2D eigenvalue weighted by Gasteiger charge is 2.14. The van der Waals surface area contributed by atoms with Crippen molar-refractivity contribution in [3.63, 3.8) is 0 Å². The standard InChI is InChI=1S/C19H14O2S/c1-2-3-4-13-5-7-14(8-6-13)19(21)17-12-22-18-11-15(20)9-10-16(17)18/h5-12,20H,2H2,1H3. The first kappa shape index (κ1) is 14.4. The minimum atomic E-state index is -0.00746. The molecule has 2 nitrogen and oxygen atoms in total. The van der Waals surface area contributed by atoms with Crippen molar-refractivity contribution in [1.82, 2.24) is 0 Å². The van der Waals surface area contributed by atoms with Crippen LogP contribution in [0, 0.1) is 11.8 Å². The molecule has 2 aromatic carbocycles.